The van der Waals surface area contributed by atoms with E-state index in [0.717, 1.165) is 40.8 Å². The Kier molecular flexibility index (Phi) is 7.42. The van der Waals surface area contributed by atoms with Gasteiger partial charge in [-0.3, -0.25) is 0 Å². The molecule has 0 saturated carbocycles. The molecular formula is C21H24Cl2N2O. The molecule has 26 heavy (non-hydrogen) atoms. The third-order valence-electron chi connectivity index (χ3n) is 4.56. The molecule has 1 unspecified atom stereocenters. The zero-order valence-electron chi connectivity index (χ0n) is 15.0. The SMILES string of the molecule is CCN(CC)CC(O)c1cc(-c2ccccc2)nc2cc(Cl)ccc12.Cl. The van der Waals surface area contributed by atoms with Gasteiger partial charge in [-0.15, -0.1) is 12.4 Å². The Morgan fingerprint density at radius 3 is 2.38 bits per heavy atom. The van der Waals surface area contributed by atoms with Crippen molar-refractivity contribution in [1.29, 1.82) is 0 Å². The molecule has 0 fully saturated rings. The number of benzene rings is 2. The van der Waals surface area contributed by atoms with E-state index in [4.69, 9.17) is 16.6 Å². The number of aliphatic hydroxyl groups excluding tert-OH is 1. The van der Waals surface area contributed by atoms with Crippen LogP contribution in [-0.4, -0.2) is 34.6 Å². The van der Waals surface area contributed by atoms with Crippen LogP contribution in [-0.2, 0) is 0 Å². The maximum atomic E-state index is 10.9. The highest BCUT2D eigenvalue weighted by molar-refractivity contribution is 6.31. The third-order valence-corrected chi connectivity index (χ3v) is 4.79. The van der Waals surface area contributed by atoms with Gasteiger partial charge in [0.05, 0.1) is 17.3 Å². The minimum Gasteiger partial charge on any atom is -0.387 e. The van der Waals surface area contributed by atoms with Crippen molar-refractivity contribution in [1.82, 2.24) is 9.88 Å². The largest absolute Gasteiger partial charge is 0.387 e. The van der Waals surface area contributed by atoms with Gasteiger partial charge in [0.2, 0.25) is 0 Å². The van der Waals surface area contributed by atoms with E-state index in [0.29, 0.717) is 11.6 Å². The van der Waals surface area contributed by atoms with Crippen LogP contribution in [0.25, 0.3) is 22.2 Å². The van der Waals surface area contributed by atoms with Crippen molar-refractivity contribution in [2.75, 3.05) is 19.6 Å². The predicted molar refractivity (Wildman–Crippen MR) is 112 cm³/mol. The molecule has 138 valence electrons. The number of hydrogen-bond acceptors (Lipinski definition) is 3. The fourth-order valence-corrected chi connectivity index (χ4v) is 3.25. The summed E-state index contributed by atoms with van der Waals surface area (Å²) in [6.07, 6.45) is -0.575. The molecule has 0 aliphatic heterocycles. The molecular weight excluding hydrogens is 367 g/mol. The summed E-state index contributed by atoms with van der Waals surface area (Å²) in [5.41, 5.74) is 3.58. The monoisotopic (exact) mass is 390 g/mol. The fourth-order valence-electron chi connectivity index (χ4n) is 3.09. The van der Waals surface area contributed by atoms with Gasteiger partial charge in [0.25, 0.3) is 0 Å². The molecule has 0 amide bonds. The lowest BCUT2D eigenvalue weighted by Crippen LogP contribution is -2.28. The van der Waals surface area contributed by atoms with Crippen LogP contribution in [0.1, 0.15) is 25.5 Å². The molecule has 0 aliphatic rings. The first-order chi connectivity index (χ1) is 12.1. The van der Waals surface area contributed by atoms with E-state index in [1.165, 1.54) is 0 Å². The molecule has 2 aromatic carbocycles. The van der Waals surface area contributed by atoms with Crippen molar-refractivity contribution in [3.8, 4) is 11.3 Å². The van der Waals surface area contributed by atoms with E-state index in [2.05, 4.69) is 18.7 Å². The van der Waals surface area contributed by atoms with Crippen molar-refractivity contribution in [2.24, 2.45) is 0 Å². The Morgan fingerprint density at radius 2 is 1.73 bits per heavy atom. The molecule has 0 saturated heterocycles. The first kappa shape index (κ1) is 20.7. The van der Waals surface area contributed by atoms with Gasteiger partial charge < -0.3 is 10.0 Å². The van der Waals surface area contributed by atoms with Crippen molar-refractivity contribution in [3.63, 3.8) is 0 Å². The lowest BCUT2D eigenvalue weighted by atomic mass is 10.00. The number of halogens is 2. The molecule has 3 aromatic rings. The highest BCUT2D eigenvalue weighted by atomic mass is 35.5. The Bertz CT molecular complexity index is 851. The van der Waals surface area contributed by atoms with Gasteiger partial charge >= 0.3 is 0 Å². The van der Waals surface area contributed by atoms with Gasteiger partial charge in [0, 0.05) is 22.5 Å². The Labute approximate surface area is 166 Å². The topological polar surface area (TPSA) is 36.4 Å². The number of nitrogens with zero attached hydrogens (tertiary/aromatic N) is 2. The number of aliphatic hydroxyl groups is 1. The minimum atomic E-state index is -0.575. The molecule has 0 bridgehead atoms. The number of rotatable bonds is 6. The second kappa shape index (κ2) is 9.33. The van der Waals surface area contributed by atoms with Gasteiger partial charge in [0.15, 0.2) is 0 Å². The van der Waals surface area contributed by atoms with E-state index in [-0.39, 0.29) is 12.4 Å². The highest BCUT2D eigenvalue weighted by Crippen LogP contribution is 2.30. The fraction of sp³-hybridized carbons (Fsp3) is 0.286. The van der Waals surface area contributed by atoms with Crippen LogP contribution in [0.15, 0.2) is 54.6 Å². The summed E-state index contributed by atoms with van der Waals surface area (Å²) < 4.78 is 0. The minimum absolute atomic E-state index is 0. The van der Waals surface area contributed by atoms with Crippen LogP contribution in [0.3, 0.4) is 0 Å². The van der Waals surface area contributed by atoms with Crippen molar-refractivity contribution >= 4 is 34.9 Å². The van der Waals surface area contributed by atoms with Crippen LogP contribution < -0.4 is 0 Å². The lowest BCUT2D eigenvalue weighted by molar-refractivity contribution is 0.120. The van der Waals surface area contributed by atoms with Gasteiger partial charge in [-0.05, 0) is 36.9 Å². The zero-order valence-corrected chi connectivity index (χ0v) is 16.6. The molecule has 5 heteroatoms. The second-order valence-corrected chi connectivity index (χ2v) is 6.56. The standard InChI is InChI=1S/C21H23ClN2O.ClH/c1-3-24(4-2)14-21(25)18-13-19(15-8-6-5-7-9-15)23-20-12-16(22)10-11-17(18)20;/h5-13,21,25H,3-4,14H2,1-2H3;1H. The van der Waals surface area contributed by atoms with E-state index in [1.54, 1.807) is 0 Å². The van der Waals surface area contributed by atoms with Crippen molar-refractivity contribution in [2.45, 2.75) is 20.0 Å². The summed E-state index contributed by atoms with van der Waals surface area (Å²) in [6, 6.07) is 17.7. The number of pyridine rings is 1. The van der Waals surface area contributed by atoms with E-state index in [9.17, 15) is 5.11 Å². The molecule has 1 atom stereocenters. The quantitative estimate of drug-likeness (QED) is 0.615. The molecule has 0 aliphatic carbocycles. The molecule has 1 N–H and O–H groups in total. The number of hydrogen-bond donors (Lipinski definition) is 1. The van der Waals surface area contributed by atoms with Crippen LogP contribution >= 0.6 is 24.0 Å². The third kappa shape index (κ3) is 4.54. The Morgan fingerprint density at radius 1 is 1.04 bits per heavy atom. The molecule has 3 nitrogen and oxygen atoms in total. The first-order valence-corrected chi connectivity index (χ1v) is 9.06. The average Bonchev–Trinajstić information content (AvgIpc) is 2.65. The van der Waals surface area contributed by atoms with Crippen LogP contribution in [0.5, 0.6) is 0 Å². The highest BCUT2D eigenvalue weighted by Gasteiger charge is 2.17. The van der Waals surface area contributed by atoms with E-state index >= 15 is 0 Å². The summed E-state index contributed by atoms with van der Waals surface area (Å²) in [5.74, 6) is 0. The second-order valence-electron chi connectivity index (χ2n) is 6.13. The predicted octanol–water partition coefficient (Wildman–Crippen LogP) is 5.35. The zero-order chi connectivity index (χ0) is 17.8. The Hall–Kier alpha value is -1.65. The number of likely N-dealkylation sites (N-methyl/N-ethyl adjacent to an activating group) is 1. The van der Waals surface area contributed by atoms with Crippen LogP contribution in [0.2, 0.25) is 5.02 Å². The van der Waals surface area contributed by atoms with Crippen LogP contribution in [0.4, 0.5) is 0 Å². The maximum absolute atomic E-state index is 10.9. The first-order valence-electron chi connectivity index (χ1n) is 8.68. The van der Waals surface area contributed by atoms with Crippen molar-refractivity contribution < 1.29 is 5.11 Å². The van der Waals surface area contributed by atoms with E-state index in [1.807, 2.05) is 54.6 Å². The summed E-state index contributed by atoms with van der Waals surface area (Å²) in [4.78, 5) is 6.98. The molecule has 1 heterocycles. The number of fused-ring (bicyclic) bond motifs is 1. The van der Waals surface area contributed by atoms with Crippen LogP contribution in [0, 0.1) is 0 Å². The smallest absolute Gasteiger partial charge is 0.0924 e. The summed E-state index contributed by atoms with van der Waals surface area (Å²) in [5, 5.41) is 12.5. The average molecular weight is 391 g/mol. The van der Waals surface area contributed by atoms with Gasteiger partial charge in [-0.25, -0.2) is 4.98 Å². The normalized spacial score (nSPS) is 12.2. The maximum Gasteiger partial charge on any atom is 0.0924 e. The van der Waals surface area contributed by atoms with Gasteiger partial charge in [-0.1, -0.05) is 61.8 Å². The molecule has 1 aromatic heterocycles. The summed E-state index contributed by atoms with van der Waals surface area (Å²) in [6.45, 7) is 6.64. The molecule has 3 rings (SSSR count). The molecule has 0 radical (unpaired) electrons. The lowest BCUT2D eigenvalue weighted by Gasteiger charge is -2.23. The molecule has 0 spiro atoms. The van der Waals surface area contributed by atoms with Gasteiger partial charge in [-0.2, -0.15) is 0 Å². The van der Waals surface area contributed by atoms with Gasteiger partial charge in [0.1, 0.15) is 0 Å². The number of aromatic nitrogens is 1. The van der Waals surface area contributed by atoms with Crippen molar-refractivity contribution in [3.05, 3.63) is 65.2 Å². The summed E-state index contributed by atoms with van der Waals surface area (Å²) >= 11 is 6.17. The Balaban J connectivity index is 0.00000243. The summed E-state index contributed by atoms with van der Waals surface area (Å²) in [7, 11) is 0. The van der Waals surface area contributed by atoms with E-state index < -0.39 is 6.10 Å².